The molecule has 1 aromatic heterocycles. The summed E-state index contributed by atoms with van der Waals surface area (Å²) in [6, 6.07) is 17.9. The minimum Gasteiger partial charge on any atom is -0.306 e. The molecule has 1 N–H and O–H groups in total. The average Bonchev–Trinajstić information content (AvgIpc) is 3.11. The van der Waals surface area contributed by atoms with Crippen LogP contribution in [-0.2, 0) is 11.8 Å². The summed E-state index contributed by atoms with van der Waals surface area (Å²) in [7, 11) is 0. The number of benzene rings is 2. The fraction of sp³-hybridized carbons (Fsp3) is 0.360. The van der Waals surface area contributed by atoms with E-state index >= 15 is 0 Å². The fourth-order valence-electron chi connectivity index (χ4n) is 3.21. The van der Waals surface area contributed by atoms with Crippen molar-refractivity contribution in [3.63, 3.8) is 0 Å². The van der Waals surface area contributed by atoms with Crippen molar-refractivity contribution >= 4 is 11.7 Å². The molecule has 152 valence electrons. The van der Waals surface area contributed by atoms with Crippen LogP contribution in [0.1, 0.15) is 67.7 Å². The molecule has 1 amide bonds. The third-order valence-corrected chi connectivity index (χ3v) is 5.10. The molecule has 3 rings (SSSR count). The lowest BCUT2D eigenvalue weighted by Gasteiger charge is -2.14. The minimum atomic E-state index is -0.123. The Hall–Kier alpha value is -2.88. The number of aryl methyl sites for hydroxylation is 2. The molecule has 0 unspecified atom stereocenters. The molecule has 2 aromatic carbocycles. The highest BCUT2D eigenvalue weighted by atomic mass is 16.1. The zero-order chi connectivity index (χ0) is 21.0. The Morgan fingerprint density at radius 1 is 1.07 bits per heavy atom. The molecule has 4 heteroatoms. The molecule has 0 atom stereocenters. The van der Waals surface area contributed by atoms with E-state index in [1.807, 2.05) is 53.2 Å². The molecule has 0 aliphatic rings. The summed E-state index contributed by atoms with van der Waals surface area (Å²) in [4.78, 5) is 12.9. The van der Waals surface area contributed by atoms with E-state index in [0.717, 1.165) is 29.8 Å². The second kappa shape index (κ2) is 8.64. The topological polar surface area (TPSA) is 46.9 Å². The Bertz CT molecular complexity index is 978. The molecule has 0 aliphatic heterocycles. The number of hydrogen-bond acceptors (Lipinski definition) is 2. The Kier molecular flexibility index (Phi) is 6.21. The zero-order valence-electron chi connectivity index (χ0n) is 18.1. The highest BCUT2D eigenvalue weighted by Crippen LogP contribution is 2.27. The highest BCUT2D eigenvalue weighted by Gasteiger charge is 2.22. The van der Waals surface area contributed by atoms with Crippen LogP contribution in [0.2, 0.25) is 0 Å². The molecular formula is C25H31N3O. The number of carbonyl (C=O) groups excluding carboxylic acids is 1. The number of unbranched alkanes of at least 4 members (excludes halogenated alkanes) is 1. The molecule has 0 radical (unpaired) electrons. The first-order valence-electron chi connectivity index (χ1n) is 10.4. The standard InChI is InChI=1S/C25H31N3O/c1-6-7-11-19-13-15-20(16-14-19)24(29)26-23-17-22(25(3,4)5)27-28(23)21-12-9-8-10-18(21)2/h8-10,12-17H,6-7,11H2,1-5H3,(H,26,29). The average molecular weight is 390 g/mol. The van der Waals surface area contributed by atoms with Gasteiger partial charge >= 0.3 is 0 Å². The second-order valence-corrected chi connectivity index (χ2v) is 8.62. The quantitative estimate of drug-likeness (QED) is 0.556. The number of nitrogens with one attached hydrogen (secondary N) is 1. The monoisotopic (exact) mass is 389 g/mol. The van der Waals surface area contributed by atoms with Gasteiger partial charge in [-0.15, -0.1) is 0 Å². The SMILES string of the molecule is CCCCc1ccc(C(=O)Nc2cc(C(C)(C)C)nn2-c2ccccc2C)cc1. The van der Waals surface area contributed by atoms with Gasteiger partial charge in [0.2, 0.25) is 0 Å². The van der Waals surface area contributed by atoms with E-state index in [1.165, 1.54) is 12.0 Å². The van der Waals surface area contributed by atoms with Gasteiger partial charge in [-0.1, -0.05) is 64.4 Å². The van der Waals surface area contributed by atoms with Crippen LogP contribution in [-0.4, -0.2) is 15.7 Å². The lowest BCUT2D eigenvalue weighted by molar-refractivity contribution is 0.102. The van der Waals surface area contributed by atoms with Gasteiger partial charge in [0.25, 0.3) is 5.91 Å². The van der Waals surface area contributed by atoms with Crippen LogP contribution in [0.4, 0.5) is 5.82 Å². The number of hydrogen-bond donors (Lipinski definition) is 1. The van der Waals surface area contributed by atoms with Crippen molar-refractivity contribution in [1.29, 1.82) is 0 Å². The van der Waals surface area contributed by atoms with Gasteiger partial charge in [0.1, 0.15) is 5.82 Å². The lowest BCUT2D eigenvalue weighted by atomic mass is 9.92. The van der Waals surface area contributed by atoms with Crippen molar-refractivity contribution in [3.05, 3.63) is 77.0 Å². The van der Waals surface area contributed by atoms with Crippen molar-refractivity contribution in [2.75, 3.05) is 5.32 Å². The molecule has 29 heavy (non-hydrogen) atoms. The van der Waals surface area contributed by atoms with Crippen LogP contribution in [0.25, 0.3) is 5.69 Å². The van der Waals surface area contributed by atoms with Gasteiger partial charge in [0.05, 0.1) is 11.4 Å². The predicted octanol–water partition coefficient (Wildman–Crippen LogP) is 6.07. The number of rotatable bonds is 6. The van der Waals surface area contributed by atoms with Gasteiger partial charge in [-0.3, -0.25) is 4.79 Å². The number of carbonyl (C=O) groups is 1. The largest absolute Gasteiger partial charge is 0.306 e. The van der Waals surface area contributed by atoms with E-state index in [4.69, 9.17) is 5.10 Å². The van der Waals surface area contributed by atoms with Crippen molar-refractivity contribution in [2.24, 2.45) is 0 Å². The van der Waals surface area contributed by atoms with E-state index in [-0.39, 0.29) is 11.3 Å². The maximum absolute atomic E-state index is 12.9. The van der Waals surface area contributed by atoms with Crippen LogP contribution < -0.4 is 5.32 Å². The van der Waals surface area contributed by atoms with Gasteiger partial charge in [0.15, 0.2) is 0 Å². The van der Waals surface area contributed by atoms with E-state index in [1.54, 1.807) is 0 Å². The Labute approximate surface area is 174 Å². The first-order valence-corrected chi connectivity index (χ1v) is 10.4. The van der Waals surface area contributed by atoms with E-state index in [2.05, 4.69) is 46.0 Å². The maximum atomic E-state index is 12.9. The zero-order valence-corrected chi connectivity index (χ0v) is 18.1. The van der Waals surface area contributed by atoms with Crippen molar-refractivity contribution in [2.45, 2.75) is 59.3 Å². The predicted molar refractivity (Wildman–Crippen MR) is 120 cm³/mol. The maximum Gasteiger partial charge on any atom is 0.256 e. The number of amides is 1. The van der Waals surface area contributed by atoms with Gasteiger partial charge in [-0.05, 0) is 49.1 Å². The third kappa shape index (κ3) is 4.94. The third-order valence-electron chi connectivity index (χ3n) is 5.10. The molecule has 0 bridgehead atoms. The summed E-state index contributed by atoms with van der Waals surface area (Å²) >= 11 is 0. The van der Waals surface area contributed by atoms with Gasteiger partial charge < -0.3 is 5.32 Å². The van der Waals surface area contributed by atoms with Crippen LogP contribution in [0.5, 0.6) is 0 Å². The minimum absolute atomic E-state index is 0.117. The van der Waals surface area contributed by atoms with Gasteiger partial charge in [-0.25, -0.2) is 4.68 Å². The Balaban J connectivity index is 1.90. The summed E-state index contributed by atoms with van der Waals surface area (Å²) < 4.78 is 1.84. The molecule has 4 nitrogen and oxygen atoms in total. The van der Waals surface area contributed by atoms with E-state index in [0.29, 0.717) is 11.4 Å². The van der Waals surface area contributed by atoms with Crippen LogP contribution >= 0.6 is 0 Å². The van der Waals surface area contributed by atoms with Gasteiger partial charge in [-0.2, -0.15) is 5.10 Å². The Morgan fingerprint density at radius 3 is 2.38 bits per heavy atom. The number of nitrogens with zero attached hydrogens (tertiary/aromatic N) is 2. The van der Waals surface area contributed by atoms with E-state index < -0.39 is 0 Å². The molecule has 0 spiro atoms. The summed E-state index contributed by atoms with van der Waals surface area (Å²) in [6.45, 7) is 10.6. The summed E-state index contributed by atoms with van der Waals surface area (Å²) in [5.41, 5.74) is 4.81. The molecule has 0 saturated carbocycles. The normalized spacial score (nSPS) is 11.5. The number of para-hydroxylation sites is 1. The van der Waals surface area contributed by atoms with E-state index in [9.17, 15) is 4.79 Å². The van der Waals surface area contributed by atoms with Crippen LogP contribution in [0.3, 0.4) is 0 Å². The van der Waals surface area contributed by atoms with Crippen molar-refractivity contribution in [1.82, 2.24) is 9.78 Å². The van der Waals surface area contributed by atoms with Gasteiger partial charge in [0, 0.05) is 17.0 Å². The Morgan fingerprint density at radius 2 is 1.76 bits per heavy atom. The molecule has 1 heterocycles. The van der Waals surface area contributed by atoms with Crippen molar-refractivity contribution in [3.8, 4) is 5.69 Å². The fourth-order valence-corrected chi connectivity index (χ4v) is 3.21. The first kappa shape index (κ1) is 20.8. The highest BCUT2D eigenvalue weighted by molar-refractivity contribution is 6.04. The molecular weight excluding hydrogens is 358 g/mol. The molecule has 3 aromatic rings. The first-order chi connectivity index (χ1) is 13.8. The summed E-state index contributed by atoms with van der Waals surface area (Å²) in [5.74, 6) is 0.562. The summed E-state index contributed by atoms with van der Waals surface area (Å²) in [6.07, 6.45) is 3.38. The number of anilines is 1. The molecule has 0 fully saturated rings. The van der Waals surface area contributed by atoms with Crippen LogP contribution in [0, 0.1) is 6.92 Å². The molecule has 0 aliphatic carbocycles. The smallest absolute Gasteiger partial charge is 0.256 e. The lowest BCUT2D eigenvalue weighted by Crippen LogP contribution is -2.15. The summed E-state index contributed by atoms with van der Waals surface area (Å²) in [5, 5.41) is 7.88. The molecule has 0 saturated heterocycles. The number of aromatic nitrogens is 2. The second-order valence-electron chi connectivity index (χ2n) is 8.62. The van der Waals surface area contributed by atoms with Crippen LogP contribution in [0.15, 0.2) is 54.6 Å². The van der Waals surface area contributed by atoms with Crippen molar-refractivity contribution < 1.29 is 4.79 Å².